The predicted molar refractivity (Wildman–Crippen MR) is 78.5 cm³/mol. The zero-order valence-corrected chi connectivity index (χ0v) is 13.4. The highest BCUT2D eigenvalue weighted by molar-refractivity contribution is 9.11. The number of Topliss-reactive ketones (excluding diaryl/α,β-unsaturated/α-hetero) is 1. The van der Waals surface area contributed by atoms with Crippen molar-refractivity contribution in [2.45, 2.75) is 44.8 Å². The summed E-state index contributed by atoms with van der Waals surface area (Å²) in [6.07, 6.45) is -0.640. The third kappa shape index (κ3) is 2.49. The van der Waals surface area contributed by atoms with Crippen LogP contribution in [0.1, 0.15) is 38.0 Å². The van der Waals surface area contributed by atoms with Crippen LogP contribution in [-0.2, 0) is 4.79 Å². The molecule has 2 heterocycles. The Hall–Kier alpha value is -0.720. The molecule has 4 nitrogen and oxygen atoms in total. The molecule has 2 atom stereocenters. The van der Waals surface area contributed by atoms with Gasteiger partial charge in [-0.25, -0.2) is 0 Å². The lowest BCUT2D eigenvalue weighted by atomic mass is 9.81. The molecule has 19 heavy (non-hydrogen) atoms. The fourth-order valence-electron chi connectivity index (χ4n) is 2.20. The minimum absolute atomic E-state index is 0.0398. The average molecular weight is 346 g/mol. The number of thiophene rings is 1. The highest BCUT2D eigenvalue weighted by atomic mass is 79.9. The van der Waals surface area contributed by atoms with Crippen molar-refractivity contribution in [2.75, 3.05) is 0 Å². The number of ketones is 1. The fraction of sp³-hybridized carbons (Fsp3) is 0.538. The van der Waals surface area contributed by atoms with Crippen molar-refractivity contribution in [1.82, 2.24) is 0 Å². The SMILES string of the molecule is CCC(=O)C(=N)C1c2sc(Br)cc2OC(C)(C)C1O. The van der Waals surface area contributed by atoms with Crippen molar-refractivity contribution in [1.29, 1.82) is 5.41 Å². The molecule has 0 bridgehead atoms. The van der Waals surface area contributed by atoms with Gasteiger partial charge in [0, 0.05) is 12.5 Å². The molecule has 0 radical (unpaired) electrons. The van der Waals surface area contributed by atoms with Gasteiger partial charge in [-0.05, 0) is 29.8 Å². The Bertz CT molecular complexity index is 538. The Balaban J connectivity index is 2.51. The minimum Gasteiger partial charge on any atom is -0.484 e. The maximum absolute atomic E-state index is 11.8. The second kappa shape index (κ2) is 5.00. The van der Waals surface area contributed by atoms with E-state index in [1.165, 1.54) is 11.3 Å². The molecule has 1 aliphatic heterocycles. The summed E-state index contributed by atoms with van der Waals surface area (Å²) in [5.41, 5.74) is -0.861. The molecular weight excluding hydrogens is 330 g/mol. The first-order chi connectivity index (χ1) is 8.77. The largest absolute Gasteiger partial charge is 0.484 e. The summed E-state index contributed by atoms with van der Waals surface area (Å²) in [6, 6.07) is 1.82. The Morgan fingerprint density at radius 3 is 2.84 bits per heavy atom. The molecule has 104 valence electrons. The summed E-state index contributed by atoms with van der Waals surface area (Å²) in [4.78, 5) is 12.5. The van der Waals surface area contributed by atoms with E-state index in [9.17, 15) is 9.90 Å². The quantitative estimate of drug-likeness (QED) is 0.826. The molecular formula is C13H16BrNO3S. The topological polar surface area (TPSA) is 70.4 Å². The Labute approximate surface area is 124 Å². The van der Waals surface area contributed by atoms with E-state index in [-0.39, 0.29) is 17.9 Å². The highest BCUT2D eigenvalue weighted by Crippen LogP contribution is 2.47. The van der Waals surface area contributed by atoms with Crippen LogP contribution < -0.4 is 4.74 Å². The first-order valence-corrected chi connectivity index (χ1v) is 7.66. The van der Waals surface area contributed by atoms with Gasteiger partial charge in [0.2, 0.25) is 0 Å². The molecule has 0 amide bonds. The van der Waals surface area contributed by atoms with Crippen molar-refractivity contribution >= 4 is 38.8 Å². The second-order valence-electron chi connectivity index (χ2n) is 5.10. The number of aliphatic hydroxyl groups excluding tert-OH is 1. The van der Waals surface area contributed by atoms with Crippen LogP contribution in [0, 0.1) is 5.41 Å². The van der Waals surface area contributed by atoms with Crippen LogP contribution in [0.5, 0.6) is 5.75 Å². The van der Waals surface area contributed by atoms with Gasteiger partial charge in [-0.1, -0.05) is 6.92 Å². The number of hydrogen-bond donors (Lipinski definition) is 2. The number of carbonyl (C=O) groups excluding carboxylic acids is 1. The van der Waals surface area contributed by atoms with Crippen LogP contribution in [0.3, 0.4) is 0 Å². The van der Waals surface area contributed by atoms with Gasteiger partial charge >= 0.3 is 0 Å². The van der Waals surface area contributed by atoms with Gasteiger partial charge in [-0.3, -0.25) is 4.79 Å². The van der Waals surface area contributed by atoms with Crippen molar-refractivity contribution in [3.8, 4) is 5.75 Å². The highest BCUT2D eigenvalue weighted by Gasteiger charge is 2.46. The Morgan fingerprint density at radius 1 is 1.63 bits per heavy atom. The van der Waals surface area contributed by atoms with E-state index >= 15 is 0 Å². The van der Waals surface area contributed by atoms with Crippen LogP contribution in [0.4, 0.5) is 0 Å². The van der Waals surface area contributed by atoms with Crippen molar-refractivity contribution in [3.05, 3.63) is 14.7 Å². The first kappa shape index (κ1) is 14.7. The summed E-state index contributed by atoms with van der Waals surface area (Å²) in [5.74, 6) is -0.203. The van der Waals surface area contributed by atoms with Crippen LogP contribution >= 0.6 is 27.3 Å². The van der Waals surface area contributed by atoms with Gasteiger partial charge in [-0.2, -0.15) is 0 Å². The number of carbonyl (C=O) groups is 1. The molecule has 2 unspecified atom stereocenters. The van der Waals surface area contributed by atoms with Gasteiger partial charge < -0.3 is 15.3 Å². The number of fused-ring (bicyclic) bond motifs is 1. The number of ether oxygens (including phenoxy) is 1. The molecule has 0 aromatic carbocycles. The van der Waals surface area contributed by atoms with Gasteiger partial charge in [0.1, 0.15) is 17.5 Å². The second-order valence-corrected chi connectivity index (χ2v) is 7.56. The monoisotopic (exact) mass is 345 g/mol. The smallest absolute Gasteiger partial charge is 0.176 e. The average Bonchev–Trinajstić information content (AvgIpc) is 2.67. The third-order valence-electron chi connectivity index (χ3n) is 3.31. The standard InChI is InChI=1S/C13H16BrNO3S/c1-4-6(16)10(15)9-11-7(5-8(14)19-11)18-13(2,3)12(9)17/h5,9,12,15,17H,4H2,1-3H3. The fourth-order valence-corrected chi connectivity index (χ4v) is 3.88. The molecule has 1 aliphatic rings. The van der Waals surface area contributed by atoms with Gasteiger partial charge in [0.25, 0.3) is 0 Å². The number of aliphatic hydroxyl groups is 1. The summed E-state index contributed by atoms with van der Waals surface area (Å²) in [5, 5.41) is 18.5. The first-order valence-electron chi connectivity index (χ1n) is 6.06. The molecule has 0 saturated carbocycles. The van der Waals surface area contributed by atoms with E-state index in [0.29, 0.717) is 5.75 Å². The maximum atomic E-state index is 11.8. The lowest BCUT2D eigenvalue weighted by molar-refractivity contribution is -0.113. The predicted octanol–water partition coefficient (Wildman–Crippen LogP) is 3.12. The molecule has 6 heteroatoms. The normalized spacial score (nSPS) is 24.5. The zero-order chi connectivity index (χ0) is 14.4. The Kier molecular flexibility index (Phi) is 3.86. The van der Waals surface area contributed by atoms with Crippen molar-refractivity contribution in [2.24, 2.45) is 0 Å². The summed E-state index contributed by atoms with van der Waals surface area (Å²) < 4.78 is 6.63. The van der Waals surface area contributed by atoms with Gasteiger partial charge in [0.15, 0.2) is 5.78 Å². The minimum atomic E-state index is -0.909. The van der Waals surface area contributed by atoms with E-state index in [0.717, 1.165) is 8.66 Å². The van der Waals surface area contributed by atoms with Gasteiger partial charge in [0.05, 0.1) is 20.3 Å². The van der Waals surface area contributed by atoms with E-state index in [4.69, 9.17) is 10.1 Å². The maximum Gasteiger partial charge on any atom is 0.176 e. The number of hydrogen-bond acceptors (Lipinski definition) is 5. The molecule has 0 fully saturated rings. The number of rotatable bonds is 3. The van der Waals surface area contributed by atoms with Crippen molar-refractivity contribution < 1.29 is 14.6 Å². The number of halogens is 1. The zero-order valence-electron chi connectivity index (χ0n) is 11.0. The third-order valence-corrected chi connectivity index (χ3v) is 5.01. The van der Waals surface area contributed by atoms with E-state index in [1.807, 2.05) is 6.07 Å². The summed E-state index contributed by atoms with van der Waals surface area (Å²) in [6.45, 7) is 5.25. The van der Waals surface area contributed by atoms with Gasteiger partial charge in [-0.15, -0.1) is 11.3 Å². The molecule has 1 aromatic heterocycles. The Morgan fingerprint density at radius 2 is 2.26 bits per heavy atom. The van der Waals surface area contributed by atoms with Crippen LogP contribution in [0.15, 0.2) is 9.85 Å². The lowest BCUT2D eigenvalue weighted by Crippen LogP contribution is -2.51. The molecule has 0 saturated heterocycles. The number of nitrogens with one attached hydrogen (secondary N) is 1. The van der Waals surface area contributed by atoms with Crippen molar-refractivity contribution in [3.63, 3.8) is 0 Å². The molecule has 0 spiro atoms. The van der Waals surface area contributed by atoms with Crippen LogP contribution in [0.25, 0.3) is 0 Å². The molecule has 0 aliphatic carbocycles. The van der Waals surface area contributed by atoms with E-state index in [1.54, 1.807) is 20.8 Å². The summed E-state index contributed by atoms with van der Waals surface area (Å²) >= 11 is 4.78. The van der Waals surface area contributed by atoms with E-state index in [2.05, 4.69) is 15.9 Å². The lowest BCUT2D eigenvalue weighted by Gasteiger charge is -2.40. The van der Waals surface area contributed by atoms with Crippen LogP contribution in [0.2, 0.25) is 0 Å². The van der Waals surface area contributed by atoms with E-state index < -0.39 is 17.6 Å². The molecule has 1 aromatic rings. The molecule has 2 rings (SSSR count). The van der Waals surface area contributed by atoms with Crippen LogP contribution in [-0.4, -0.2) is 28.3 Å². The molecule has 2 N–H and O–H groups in total. The summed E-state index contributed by atoms with van der Waals surface area (Å²) in [7, 11) is 0.